The minimum absolute atomic E-state index is 0.0538. The smallest absolute Gasteiger partial charge is 0.253 e. The molecule has 2 heterocycles. The molecule has 132 valence electrons. The Balaban J connectivity index is 1.52. The topological polar surface area (TPSA) is 85.2 Å². The lowest BCUT2D eigenvalue weighted by Gasteiger charge is -2.34. The summed E-state index contributed by atoms with van der Waals surface area (Å²) in [6.07, 6.45) is 4.34. The van der Waals surface area contributed by atoms with Crippen LogP contribution in [-0.4, -0.2) is 40.1 Å². The van der Waals surface area contributed by atoms with Crippen LogP contribution in [0, 0.1) is 5.92 Å². The van der Waals surface area contributed by atoms with Gasteiger partial charge in [-0.3, -0.25) is 4.79 Å². The van der Waals surface area contributed by atoms with Crippen molar-refractivity contribution in [1.29, 1.82) is 0 Å². The molecule has 0 bridgehead atoms. The summed E-state index contributed by atoms with van der Waals surface area (Å²) in [6.45, 7) is 3.54. The Morgan fingerprint density at radius 1 is 1.36 bits per heavy atom. The molecule has 1 saturated heterocycles. The molecule has 2 aliphatic rings. The molecule has 0 radical (unpaired) electrons. The normalized spacial score (nSPS) is 22.0. The Morgan fingerprint density at radius 3 is 2.96 bits per heavy atom. The molecule has 2 N–H and O–H groups in total. The van der Waals surface area contributed by atoms with E-state index in [2.05, 4.69) is 10.1 Å². The minimum Gasteiger partial charge on any atom is -0.339 e. The monoisotopic (exact) mass is 340 g/mol. The van der Waals surface area contributed by atoms with Gasteiger partial charge >= 0.3 is 0 Å². The third-order valence-electron chi connectivity index (χ3n) is 5.22. The maximum atomic E-state index is 12.9. The summed E-state index contributed by atoms with van der Waals surface area (Å²) in [5, 5.41) is 4.07. The molecule has 0 spiro atoms. The first-order valence-corrected chi connectivity index (χ1v) is 9.10. The van der Waals surface area contributed by atoms with Crippen LogP contribution in [0.5, 0.6) is 0 Å². The molecule has 0 unspecified atom stereocenters. The second-order valence-corrected chi connectivity index (χ2v) is 7.32. The van der Waals surface area contributed by atoms with Gasteiger partial charge in [-0.05, 0) is 50.7 Å². The molecule has 1 aromatic heterocycles. The van der Waals surface area contributed by atoms with Crippen molar-refractivity contribution in [3.05, 3.63) is 35.7 Å². The summed E-state index contributed by atoms with van der Waals surface area (Å²) in [5.74, 6) is 2.12. The van der Waals surface area contributed by atoms with Gasteiger partial charge in [0.05, 0.1) is 0 Å². The van der Waals surface area contributed by atoms with Crippen molar-refractivity contribution >= 4 is 5.91 Å². The summed E-state index contributed by atoms with van der Waals surface area (Å²) in [6, 6.07) is 7.62. The second-order valence-electron chi connectivity index (χ2n) is 7.32. The number of piperidine rings is 1. The Labute approximate surface area is 147 Å². The van der Waals surface area contributed by atoms with Gasteiger partial charge in [0.15, 0.2) is 0 Å². The number of likely N-dealkylation sites (tertiary alicyclic amines) is 1. The largest absolute Gasteiger partial charge is 0.339 e. The molecule has 2 atom stereocenters. The van der Waals surface area contributed by atoms with Gasteiger partial charge in [0.25, 0.3) is 5.91 Å². The zero-order valence-electron chi connectivity index (χ0n) is 14.5. The number of carbonyl (C=O) groups is 1. The molecule has 6 nitrogen and oxygen atoms in total. The molecular weight excluding hydrogens is 316 g/mol. The first kappa shape index (κ1) is 16.3. The van der Waals surface area contributed by atoms with Gasteiger partial charge in [0.2, 0.25) is 11.7 Å². The van der Waals surface area contributed by atoms with E-state index in [4.69, 9.17) is 10.3 Å². The minimum atomic E-state index is 0.0538. The molecule has 1 saturated carbocycles. The number of nitrogens with two attached hydrogens (primary N) is 1. The Morgan fingerprint density at radius 2 is 2.20 bits per heavy atom. The highest BCUT2D eigenvalue weighted by atomic mass is 16.5. The van der Waals surface area contributed by atoms with E-state index in [0.29, 0.717) is 29.1 Å². The quantitative estimate of drug-likeness (QED) is 0.925. The van der Waals surface area contributed by atoms with Gasteiger partial charge in [-0.15, -0.1) is 0 Å². The van der Waals surface area contributed by atoms with E-state index >= 15 is 0 Å². The van der Waals surface area contributed by atoms with Crippen LogP contribution in [0.15, 0.2) is 28.8 Å². The first-order valence-electron chi connectivity index (χ1n) is 9.10. The Kier molecular flexibility index (Phi) is 4.29. The molecule has 6 heteroatoms. The van der Waals surface area contributed by atoms with E-state index in [1.807, 2.05) is 36.1 Å². The Hall–Kier alpha value is -2.21. The summed E-state index contributed by atoms with van der Waals surface area (Å²) in [7, 11) is 0. The second kappa shape index (κ2) is 6.59. The lowest BCUT2D eigenvalue weighted by molar-refractivity contribution is 0.0661. The fourth-order valence-corrected chi connectivity index (χ4v) is 3.45. The molecular formula is C19H24N4O2. The standard InChI is InChI=1S/C19H24N4O2/c1-12(20)16-6-3-9-23(11-16)19(24)15-5-2-4-14(10-15)17-21-18(25-22-17)13-7-8-13/h2,4-5,10,12-13,16H,3,6-9,11,20H2,1H3/t12-,16-/m1/s1. The first-order chi connectivity index (χ1) is 12.1. The zero-order chi connectivity index (χ0) is 17.4. The van der Waals surface area contributed by atoms with Crippen molar-refractivity contribution in [3.8, 4) is 11.4 Å². The van der Waals surface area contributed by atoms with Crippen molar-refractivity contribution < 1.29 is 9.32 Å². The SMILES string of the molecule is C[C@@H](N)[C@@H]1CCCN(C(=O)c2cccc(-c3noc(C4CC4)n3)c2)C1. The molecule has 2 aromatic rings. The van der Waals surface area contributed by atoms with E-state index in [1.165, 1.54) is 0 Å². The average Bonchev–Trinajstić information content (AvgIpc) is 3.38. The summed E-state index contributed by atoms with van der Waals surface area (Å²) in [5.41, 5.74) is 7.52. The van der Waals surface area contributed by atoms with Gasteiger partial charge in [-0.25, -0.2) is 0 Å². The number of nitrogens with zero attached hydrogens (tertiary/aromatic N) is 3. The lowest BCUT2D eigenvalue weighted by Crippen LogP contribution is -2.45. The van der Waals surface area contributed by atoms with Crippen LogP contribution >= 0.6 is 0 Å². The van der Waals surface area contributed by atoms with E-state index in [-0.39, 0.29) is 11.9 Å². The van der Waals surface area contributed by atoms with Crippen LogP contribution in [0.4, 0.5) is 0 Å². The molecule has 1 amide bonds. The fourth-order valence-electron chi connectivity index (χ4n) is 3.45. The van der Waals surface area contributed by atoms with Crippen molar-refractivity contribution in [2.24, 2.45) is 11.7 Å². The number of hydrogen-bond donors (Lipinski definition) is 1. The maximum absolute atomic E-state index is 12.9. The van der Waals surface area contributed by atoms with Crippen molar-refractivity contribution in [2.45, 2.75) is 44.6 Å². The molecule has 1 aromatic carbocycles. The summed E-state index contributed by atoms with van der Waals surface area (Å²) in [4.78, 5) is 19.3. The highest BCUT2D eigenvalue weighted by molar-refractivity contribution is 5.95. The third-order valence-corrected chi connectivity index (χ3v) is 5.22. The lowest BCUT2D eigenvalue weighted by atomic mass is 9.92. The van der Waals surface area contributed by atoms with Crippen LogP contribution in [0.25, 0.3) is 11.4 Å². The predicted octanol–water partition coefficient (Wildman–Crippen LogP) is 2.81. The highest BCUT2D eigenvalue weighted by Gasteiger charge is 2.30. The van der Waals surface area contributed by atoms with Gasteiger partial charge in [-0.1, -0.05) is 17.3 Å². The van der Waals surface area contributed by atoms with E-state index in [9.17, 15) is 4.79 Å². The number of aromatic nitrogens is 2. The molecule has 1 aliphatic carbocycles. The number of benzene rings is 1. The van der Waals surface area contributed by atoms with Crippen molar-refractivity contribution in [1.82, 2.24) is 15.0 Å². The summed E-state index contributed by atoms with van der Waals surface area (Å²) < 4.78 is 5.33. The van der Waals surface area contributed by atoms with Gasteiger partial charge in [0, 0.05) is 36.2 Å². The maximum Gasteiger partial charge on any atom is 0.253 e. The van der Waals surface area contributed by atoms with E-state index in [0.717, 1.165) is 44.3 Å². The van der Waals surface area contributed by atoms with Gasteiger partial charge in [0.1, 0.15) is 0 Å². The van der Waals surface area contributed by atoms with Crippen LogP contribution in [0.1, 0.15) is 54.8 Å². The Bertz CT molecular complexity index is 766. The van der Waals surface area contributed by atoms with Crippen molar-refractivity contribution in [2.75, 3.05) is 13.1 Å². The highest BCUT2D eigenvalue weighted by Crippen LogP contribution is 2.39. The summed E-state index contributed by atoms with van der Waals surface area (Å²) >= 11 is 0. The molecule has 4 rings (SSSR count). The third kappa shape index (κ3) is 3.44. The molecule has 1 aliphatic heterocycles. The van der Waals surface area contributed by atoms with Crippen molar-refractivity contribution in [3.63, 3.8) is 0 Å². The van der Waals surface area contributed by atoms with E-state index < -0.39 is 0 Å². The average molecular weight is 340 g/mol. The van der Waals surface area contributed by atoms with E-state index in [1.54, 1.807) is 0 Å². The van der Waals surface area contributed by atoms with Crippen LogP contribution in [0.2, 0.25) is 0 Å². The number of carbonyl (C=O) groups excluding carboxylic acids is 1. The van der Waals surface area contributed by atoms with Crippen LogP contribution < -0.4 is 5.73 Å². The molecule has 2 fully saturated rings. The number of rotatable bonds is 4. The van der Waals surface area contributed by atoms with Crippen LogP contribution in [0.3, 0.4) is 0 Å². The number of amides is 1. The zero-order valence-corrected chi connectivity index (χ0v) is 14.5. The van der Waals surface area contributed by atoms with Crippen LogP contribution in [-0.2, 0) is 0 Å². The predicted molar refractivity (Wildman–Crippen MR) is 94.0 cm³/mol. The fraction of sp³-hybridized carbons (Fsp3) is 0.526. The molecule has 25 heavy (non-hydrogen) atoms. The van der Waals surface area contributed by atoms with Gasteiger partial charge < -0.3 is 15.2 Å². The number of hydrogen-bond acceptors (Lipinski definition) is 5. The van der Waals surface area contributed by atoms with Gasteiger partial charge in [-0.2, -0.15) is 4.98 Å².